The topological polar surface area (TPSA) is 105 Å². The maximum absolute atomic E-state index is 9.48. The van der Waals surface area contributed by atoms with E-state index >= 15 is 0 Å². The summed E-state index contributed by atoms with van der Waals surface area (Å²) in [6, 6.07) is 20.8. The van der Waals surface area contributed by atoms with E-state index in [0.29, 0.717) is 11.5 Å². The molecule has 1 aliphatic rings. The predicted molar refractivity (Wildman–Crippen MR) is 96.9 cm³/mol. The molecule has 0 aromatic heterocycles. The minimum atomic E-state index is -0.740. The Morgan fingerprint density at radius 3 is 2.04 bits per heavy atom. The Bertz CT molecular complexity index is 866. The molecular weight excluding hydrogens is 332 g/mol. The standard InChI is InChI=1S/C19H14N4OS/c20-10-15-17(16(11-21)19(23)25-18(15)22)12-5-4-8-14(9-12)24-13-6-2-1-3-7-13/h1-9,15-17,22-23H. The van der Waals surface area contributed by atoms with Gasteiger partial charge in [-0.1, -0.05) is 42.1 Å². The molecule has 2 aromatic carbocycles. The maximum atomic E-state index is 9.48. The Morgan fingerprint density at radius 1 is 0.840 bits per heavy atom. The normalized spacial score (nSPS) is 22.7. The summed E-state index contributed by atoms with van der Waals surface area (Å²) in [5, 5.41) is 35.2. The molecule has 0 amide bonds. The molecule has 2 aromatic rings. The van der Waals surface area contributed by atoms with Crippen molar-refractivity contribution in [3.63, 3.8) is 0 Å². The molecule has 1 fully saturated rings. The van der Waals surface area contributed by atoms with Crippen LogP contribution in [0.5, 0.6) is 11.5 Å². The lowest BCUT2D eigenvalue weighted by atomic mass is 9.78. The molecule has 2 unspecified atom stereocenters. The van der Waals surface area contributed by atoms with Crippen molar-refractivity contribution in [1.82, 2.24) is 0 Å². The largest absolute Gasteiger partial charge is 0.457 e. The number of hydrogen-bond acceptors (Lipinski definition) is 6. The first-order chi connectivity index (χ1) is 12.1. The molecule has 5 nitrogen and oxygen atoms in total. The number of benzene rings is 2. The van der Waals surface area contributed by atoms with E-state index in [4.69, 9.17) is 15.6 Å². The van der Waals surface area contributed by atoms with Crippen LogP contribution in [0.1, 0.15) is 11.5 Å². The van der Waals surface area contributed by atoms with Crippen molar-refractivity contribution in [3.05, 3.63) is 60.2 Å². The average molecular weight is 346 g/mol. The lowest BCUT2D eigenvalue weighted by Gasteiger charge is -2.31. The minimum Gasteiger partial charge on any atom is -0.457 e. The van der Waals surface area contributed by atoms with Gasteiger partial charge in [0.15, 0.2) is 0 Å². The third-order valence-electron chi connectivity index (χ3n) is 4.00. The summed E-state index contributed by atoms with van der Waals surface area (Å²) >= 11 is 0.902. The van der Waals surface area contributed by atoms with Crippen LogP contribution < -0.4 is 4.74 Å². The van der Waals surface area contributed by atoms with E-state index in [1.807, 2.05) is 36.4 Å². The van der Waals surface area contributed by atoms with E-state index in [1.165, 1.54) is 0 Å². The number of para-hydroxylation sites is 1. The van der Waals surface area contributed by atoms with Gasteiger partial charge in [0.2, 0.25) is 0 Å². The highest BCUT2D eigenvalue weighted by atomic mass is 32.2. The van der Waals surface area contributed by atoms with Gasteiger partial charge in [-0.05, 0) is 29.8 Å². The molecule has 1 saturated heterocycles. The molecule has 0 radical (unpaired) electrons. The SMILES string of the molecule is N#CC1C(=N)SC(=N)C(C#N)C1c1cccc(Oc2ccccc2)c1. The van der Waals surface area contributed by atoms with Crippen LogP contribution in [-0.2, 0) is 0 Å². The molecule has 2 atom stereocenters. The van der Waals surface area contributed by atoms with Crippen LogP contribution in [0.2, 0.25) is 0 Å². The second kappa shape index (κ2) is 7.21. The number of thioether (sulfide) groups is 1. The van der Waals surface area contributed by atoms with Crippen molar-refractivity contribution in [2.45, 2.75) is 5.92 Å². The lowest BCUT2D eigenvalue weighted by Crippen LogP contribution is -2.34. The molecular formula is C19H14N4OS. The van der Waals surface area contributed by atoms with Crippen LogP contribution in [0.3, 0.4) is 0 Å². The molecule has 25 heavy (non-hydrogen) atoms. The van der Waals surface area contributed by atoms with Crippen molar-refractivity contribution >= 4 is 21.8 Å². The maximum Gasteiger partial charge on any atom is 0.127 e. The van der Waals surface area contributed by atoms with Gasteiger partial charge in [0.1, 0.15) is 23.3 Å². The molecule has 0 aliphatic carbocycles. The van der Waals surface area contributed by atoms with Gasteiger partial charge in [0.25, 0.3) is 0 Å². The number of ether oxygens (including phenoxy) is 1. The third kappa shape index (κ3) is 3.40. The minimum absolute atomic E-state index is 0.110. The second-order valence-corrected chi connectivity index (χ2v) is 6.64. The fourth-order valence-corrected chi connectivity index (χ4v) is 3.73. The lowest BCUT2D eigenvalue weighted by molar-refractivity contribution is 0.479. The first-order valence-corrected chi connectivity index (χ1v) is 8.42. The molecule has 2 N–H and O–H groups in total. The smallest absolute Gasteiger partial charge is 0.127 e. The number of hydrogen-bond donors (Lipinski definition) is 2. The van der Waals surface area contributed by atoms with Crippen molar-refractivity contribution in [3.8, 4) is 23.6 Å². The zero-order valence-corrected chi connectivity index (χ0v) is 14.0. The van der Waals surface area contributed by atoms with Gasteiger partial charge in [-0.2, -0.15) is 10.5 Å². The highest BCUT2D eigenvalue weighted by Gasteiger charge is 2.42. The molecule has 1 aliphatic heterocycles. The second-order valence-electron chi connectivity index (χ2n) is 5.56. The summed E-state index contributed by atoms with van der Waals surface area (Å²) in [6.07, 6.45) is 0. The summed E-state index contributed by atoms with van der Waals surface area (Å²) in [4.78, 5) is 0. The number of rotatable bonds is 3. The van der Waals surface area contributed by atoms with Gasteiger partial charge >= 0.3 is 0 Å². The van der Waals surface area contributed by atoms with Crippen molar-refractivity contribution in [2.75, 3.05) is 0 Å². The van der Waals surface area contributed by atoms with Gasteiger partial charge < -0.3 is 4.74 Å². The Kier molecular flexibility index (Phi) is 4.83. The van der Waals surface area contributed by atoms with Crippen LogP contribution in [-0.4, -0.2) is 10.1 Å². The van der Waals surface area contributed by atoms with Gasteiger partial charge in [0, 0.05) is 5.92 Å². The van der Waals surface area contributed by atoms with Gasteiger partial charge in [0.05, 0.1) is 22.2 Å². The fraction of sp³-hybridized carbons (Fsp3) is 0.158. The zero-order chi connectivity index (χ0) is 17.8. The number of nitrogens with one attached hydrogen (secondary N) is 2. The third-order valence-corrected chi connectivity index (χ3v) is 4.95. The number of nitrogens with zero attached hydrogens (tertiary/aromatic N) is 2. The van der Waals surface area contributed by atoms with E-state index < -0.39 is 17.8 Å². The Hall–Kier alpha value is -3.09. The molecule has 3 rings (SSSR count). The van der Waals surface area contributed by atoms with Crippen LogP contribution >= 0.6 is 11.8 Å². The van der Waals surface area contributed by atoms with E-state index in [9.17, 15) is 10.5 Å². The molecule has 0 saturated carbocycles. The average Bonchev–Trinajstić information content (AvgIpc) is 2.62. The summed E-state index contributed by atoms with van der Waals surface area (Å²) in [7, 11) is 0. The van der Waals surface area contributed by atoms with E-state index in [2.05, 4.69) is 12.1 Å². The fourth-order valence-electron chi connectivity index (χ4n) is 2.84. The van der Waals surface area contributed by atoms with Gasteiger partial charge in [-0.15, -0.1) is 0 Å². The molecule has 1 heterocycles. The quantitative estimate of drug-likeness (QED) is 0.851. The van der Waals surface area contributed by atoms with Gasteiger partial charge in [-0.3, -0.25) is 10.8 Å². The summed E-state index contributed by atoms with van der Waals surface area (Å²) in [5.41, 5.74) is 0.723. The molecule has 6 heteroatoms. The molecule has 122 valence electrons. The van der Waals surface area contributed by atoms with Crippen LogP contribution in [0.15, 0.2) is 54.6 Å². The van der Waals surface area contributed by atoms with E-state index in [1.54, 1.807) is 18.2 Å². The zero-order valence-electron chi connectivity index (χ0n) is 13.1. The highest BCUT2D eigenvalue weighted by Crippen LogP contribution is 2.43. The monoisotopic (exact) mass is 346 g/mol. The van der Waals surface area contributed by atoms with Crippen LogP contribution in [0, 0.1) is 45.3 Å². The Balaban J connectivity index is 1.97. The van der Waals surface area contributed by atoms with Crippen LogP contribution in [0.4, 0.5) is 0 Å². The molecule has 0 spiro atoms. The first kappa shape index (κ1) is 16.8. The molecule has 0 bridgehead atoms. The Labute approximate surface area is 149 Å². The van der Waals surface area contributed by atoms with E-state index in [-0.39, 0.29) is 10.1 Å². The summed E-state index contributed by atoms with van der Waals surface area (Å²) in [5.74, 6) is -0.747. The van der Waals surface area contributed by atoms with Crippen molar-refractivity contribution in [1.29, 1.82) is 21.3 Å². The van der Waals surface area contributed by atoms with Crippen LogP contribution in [0.25, 0.3) is 0 Å². The summed E-state index contributed by atoms with van der Waals surface area (Å²) in [6.45, 7) is 0. The highest BCUT2D eigenvalue weighted by molar-refractivity contribution is 8.26. The Morgan fingerprint density at radius 2 is 1.44 bits per heavy atom. The van der Waals surface area contributed by atoms with Crippen molar-refractivity contribution < 1.29 is 4.74 Å². The number of nitriles is 2. The predicted octanol–water partition coefficient (Wildman–Crippen LogP) is 4.54. The first-order valence-electron chi connectivity index (χ1n) is 7.61. The van der Waals surface area contributed by atoms with Crippen molar-refractivity contribution in [2.24, 2.45) is 11.8 Å². The van der Waals surface area contributed by atoms with E-state index in [0.717, 1.165) is 17.3 Å². The summed E-state index contributed by atoms with van der Waals surface area (Å²) < 4.78 is 5.82. The van der Waals surface area contributed by atoms with Gasteiger partial charge in [-0.25, -0.2) is 0 Å².